The van der Waals surface area contributed by atoms with Gasteiger partial charge in [-0.05, 0) is 41.8 Å². The number of benzene rings is 1. The molecule has 0 saturated heterocycles. The Morgan fingerprint density at radius 2 is 2.33 bits per heavy atom. The third-order valence-corrected chi connectivity index (χ3v) is 5.78. The largest absolute Gasteiger partial charge is 0.192 e. The summed E-state index contributed by atoms with van der Waals surface area (Å²) in [4.78, 5) is 1.46. The zero-order valence-corrected chi connectivity index (χ0v) is 12.1. The number of nitrogens with zero attached hydrogens (tertiary/aromatic N) is 1. The number of thioether (sulfide) groups is 1. The smallest absolute Gasteiger partial charge is 0.100 e. The van der Waals surface area contributed by atoms with Crippen LogP contribution in [-0.2, 0) is 12.8 Å². The van der Waals surface area contributed by atoms with Crippen molar-refractivity contribution < 1.29 is 0 Å². The zero-order chi connectivity index (χ0) is 12.5. The first-order chi connectivity index (χ1) is 8.86. The molecule has 3 rings (SSSR count). The number of rotatable bonds is 3. The van der Waals surface area contributed by atoms with Gasteiger partial charge in [0, 0.05) is 20.7 Å². The van der Waals surface area contributed by atoms with Gasteiger partial charge in [-0.1, -0.05) is 13.3 Å². The first kappa shape index (κ1) is 12.1. The monoisotopic (exact) mass is 273 g/mol. The molecule has 3 heteroatoms. The Labute approximate surface area is 116 Å². The molecule has 1 nitrogen and oxygen atoms in total. The Morgan fingerprint density at radius 3 is 3.11 bits per heavy atom. The zero-order valence-electron chi connectivity index (χ0n) is 10.5. The molecule has 0 N–H and O–H groups in total. The van der Waals surface area contributed by atoms with Crippen LogP contribution < -0.4 is 0 Å². The Balaban J connectivity index is 2.28. The standard InChI is InChI=1S/C15H15NS2/c1-2-3-4-10-11-5-7-17-14(11)15-12(6-8-18-15)13(10)9-16/h6,8H,2-5,7H2,1H3. The van der Waals surface area contributed by atoms with Gasteiger partial charge in [0.25, 0.3) is 0 Å². The predicted molar refractivity (Wildman–Crippen MR) is 79.6 cm³/mol. The van der Waals surface area contributed by atoms with Gasteiger partial charge in [0.05, 0.1) is 5.56 Å². The molecule has 18 heavy (non-hydrogen) atoms. The van der Waals surface area contributed by atoms with Crippen LogP contribution in [0.4, 0.5) is 0 Å². The summed E-state index contributed by atoms with van der Waals surface area (Å²) in [5.41, 5.74) is 3.76. The van der Waals surface area contributed by atoms with E-state index in [2.05, 4.69) is 24.4 Å². The number of nitriles is 1. The number of unbranched alkanes of at least 4 members (excludes halogenated alkanes) is 1. The van der Waals surface area contributed by atoms with Crippen LogP contribution in [0.5, 0.6) is 0 Å². The molecule has 2 heterocycles. The summed E-state index contributed by atoms with van der Waals surface area (Å²) >= 11 is 3.75. The number of hydrogen-bond donors (Lipinski definition) is 0. The lowest BCUT2D eigenvalue weighted by Gasteiger charge is -2.11. The highest BCUT2D eigenvalue weighted by Crippen LogP contribution is 2.44. The van der Waals surface area contributed by atoms with E-state index in [9.17, 15) is 5.26 Å². The van der Waals surface area contributed by atoms with Gasteiger partial charge in [-0.25, -0.2) is 0 Å². The maximum atomic E-state index is 9.51. The number of hydrogen-bond acceptors (Lipinski definition) is 3. The highest BCUT2D eigenvalue weighted by atomic mass is 32.2. The normalized spacial score (nSPS) is 13.8. The molecule has 1 aromatic heterocycles. The predicted octanol–water partition coefficient (Wildman–Crippen LogP) is 4.76. The lowest BCUT2D eigenvalue weighted by Crippen LogP contribution is -1.98. The molecular weight excluding hydrogens is 258 g/mol. The van der Waals surface area contributed by atoms with E-state index in [4.69, 9.17) is 0 Å². The van der Waals surface area contributed by atoms with Crippen molar-refractivity contribution in [1.29, 1.82) is 5.26 Å². The van der Waals surface area contributed by atoms with Gasteiger partial charge in [0.15, 0.2) is 0 Å². The molecule has 0 atom stereocenters. The van der Waals surface area contributed by atoms with Crippen molar-refractivity contribution in [3.63, 3.8) is 0 Å². The van der Waals surface area contributed by atoms with Crippen LogP contribution in [0, 0.1) is 11.3 Å². The number of thiophene rings is 1. The fraction of sp³-hybridized carbons (Fsp3) is 0.400. The van der Waals surface area contributed by atoms with Crippen molar-refractivity contribution >= 4 is 33.2 Å². The average molecular weight is 273 g/mol. The summed E-state index contributed by atoms with van der Waals surface area (Å²) in [6.07, 6.45) is 4.57. The highest BCUT2D eigenvalue weighted by Gasteiger charge is 2.23. The van der Waals surface area contributed by atoms with E-state index in [-0.39, 0.29) is 0 Å². The van der Waals surface area contributed by atoms with E-state index in [1.165, 1.54) is 44.7 Å². The summed E-state index contributed by atoms with van der Waals surface area (Å²) < 4.78 is 1.34. The maximum Gasteiger partial charge on any atom is 0.100 e. The summed E-state index contributed by atoms with van der Waals surface area (Å²) in [5.74, 6) is 1.18. The molecule has 0 bridgehead atoms. The van der Waals surface area contributed by atoms with Crippen LogP contribution in [0.3, 0.4) is 0 Å². The summed E-state index contributed by atoms with van der Waals surface area (Å²) in [6.45, 7) is 2.21. The summed E-state index contributed by atoms with van der Waals surface area (Å²) in [7, 11) is 0. The molecule has 0 aliphatic carbocycles. The molecule has 1 aliphatic heterocycles. The van der Waals surface area contributed by atoms with Crippen molar-refractivity contribution in [2.24, 2.45) is 0 Å². The fourth-order valence-corrected chi connectivity index (χ4v) is 5.04. The maximum absolute atomic E-state index is 9.51. The van der Waals surface area contributed by atoms with Gasteiger partial charge in [-0.15, -0.1) is 23.1 Å². The fourth-order valence-electron chi connectivity index (χ4n) is 2.70. The van der Waals surface area contributed by atoms with Crippen molar-refractivity contribution in [1.82, 2.24) is 0 Å². The second-order valence-corrected chi connectivity index (χ2v) is 6.66. The minimum Gasteiger partial charge on any atom is -0.192 e. The van der Waals surface area contributed by atoms with E-state index >= 15 is 0 Å². The Morgan fingerprint density at radius 1 is 1.44 bits per heavy atom. The van der Waals surface area contributed by atoms with E-state index < -0.39 is 0 Å². The molecule has 0 saturated carbocycles. The Kier molecular flexibility index (Phi) is 3.32. The van der Waals surface area contributed by atoms with Crippen molar-refractivity contribution in [3.8, 4) is 6.07 Å². The second-order valence-electron chi connectivity index (χ2n) is 4.64. The van der Waals surface area contributed by atoms with E-state index in [1.807, 2.05) is 11.8 Å². The third kappa shape index (κ3) is 1.75. The first-order valence-electron chi connectivity index (χ1n) is 6.44. The Bertz CT molecular complexity index is 634. The molecule has 0 radical (unpaired) electrons. The number of fused-ring (bicyclic) bond motifs is 3. The van der Waals surface area contributed by atoms with Gasteiger partial charge in [-0.2, -0.15) is 5.26 Å². The van der Waals surface area contributed by atoms with E-state index in [0.29, 0.717) is 0 Å². The molecule has 0 spiro atoms. The molecule has 2 aromatic rings. The van der Waals surface area contributed by atoms with Crippen LogP contribution in [0.2, 0.25) is 0 Å². The minimum absolute atomic E-state index is 0.945. The van der Waals surface area contributed by atoms with Crippen molar-refractivity contribution in [3.05, 3.63) is 28.1 Å². The molecule has 0 unspecified atom stereocenters. The van der Waals surface area contributed by atoms with Gasteiger partial charge >= 0.3 is 0 Å². The summed E-state index contributed by atoms with van der Waals surface area (Å²) in [5, 5.41) is 12.8. The van der Waals surface area contributed by atoms with Crippen molar-refractivity contribution in [2.45, 2.75) is 37.5 Å². The van der Waals surface area contributed by atoms with Crippen LogP contribution in [-0.4, -0.2) is 5.75 Å². The van der Waals surface area contributed by atoms with E-state index in [0.717, 1.165) is 18.4 Å². The van der Waals surface area contributed by atoms with Gasteiger partial charge in [-0.3, -0.25) is 0 Å². The molecule has 1 aliphatic rings. The van der Waals surface area contributed by atoms with Crippen LogP contribution >= 0.6 is 23.1 Å². The molecule has 92 valence electrons. The van der Waals surface area contributed by atoms with Gasteiger partial charge in [0.2, 0.25) is 0 Å². The second kappa shape index (κ2) is 4.95. The minimum atomic E-state index is 0.945. The quantitative estimate of drug-likeness (QED) is 0.804. The molecule has 0 amide bonds. The first-order valence-corrected chi connectivity index (χ1v) is 8.31. The summed E-state index contributed by atoms with van der Waals surface area (Å²) in [6, 6.07) is 4.58. The van der Waals surface area contributed by atoms with Gasteiger partial charge in [0.1, 0.15) is 6.07 Å². The van der Waals surface area contributed by atoms with Crippen LogP contribution in [0.25, 0.3) is 10.1 Å². The lowest BCUT2D eigenvalue weighted by molar-refractivity contribution is 0.785. The highest BCUT2D eigenvalue weighted by molar-refractivity contribution is 8.00. The van der Waals surface area contributed by atoms with Crippen LogP contribution in [0.1, 0.15) is 36.5 Å². The van der Waals surface area contributed by atoms with Gasteiger partial charge < -0.3 is 0 Å². The SMILES string of the molecule is CCCCc1c2c(c3sccc3c1C#N)SCC2. The average Bonchev–Trinajstić information content (AvgIpc) is 3.02. The van der Waals surface area contributed by atoms with Crippen LogP contribution in [0.15, 0.2) is 16.3 Å². The molecule has 0 fully saturated rings. The Hall–Kier alpha value is -0.980. The van der Waals surface area contributed by atoms with Crippen molar-refractivity contribution in [2.75, 3.05) is 5.75 Å². The molecular formula is C15H15NS2. The lowest BCUT2D eigenvalue weighted by atomic mass is 9.93. The van der Waals surface area contributed by atoms with E-state index in [1.54, 1.807) is 11.3 Å². The topological polar surface area (TPSA) is 23.8 Å². The molecule has 1 aromatic carbocycles. The third-order valence-electron chi connectivity index (χ3n) is 3.57.